The Morgan fingerprint density at radius 2 is 2.14 bits per heavy atom. The first-order valence-electron chi connectivity index (χ1n) is 8.35. The summed E-state index contributed by atoms with van der Waals surface area (Å²) >= 11 is 0. The zero-order valence-corrected chi connectivity index (χ0v) is 15.7. The molecule has 3 unspecified atom stereocenters. The molecular weight excluding hydrogens is 377 g/mol. The third kappa shape index (κ3) is 3.19. The second-order valence-corrected chi connectivity index (χ2v) is 6.96. The lowest BCUT2D eigenvalue weighted by atomic mass is 9.51. The number of nitrogens with zero attached hydrogens (tertiary/aromatic N) is 2. The van der Waals surface area contributed by atoms with E-state index in [2.05, 4.69) is 18.7 Å². The molecule has 3 aliphatic rings. The van der Waals surface area contributed by atoms with Gasteiger partial charge in [-0.3, -0.25) is 0 Å². The molecule has 21 heavy (non-hydrogen) atoms. The highest BCUT2D eigenvalue weighted by atomic mass is 127. The van der Waals surface area contributed by atoms with E-state index in [1.807, 2.05) is 0 Å². The van der Waals surface area contributed by atoms with Crippen LogP contribution in [0.2, 0.25) is 0 Å². The number of aliphatic imine (C=N–C) groups is 1. The van der Waals surface area contributed by atoms with Crippen LogP contribution in [0.25, 0.3) is 0 Å². The lowest BCUT2D eigenvalue weighted by Gasteiger charge is -2.59. The monoisotopic (exact) mass is 407 g/mol. The minimum atomic E-state index is 0. The summed E-state index contributed by atoms with van der Waals surface area (Å²) in [5.74, 6) is 1.52. The molecule has 4 nitrogen and oxygen atoms in total. The number of nitrogens with two attached hydrogens (primary N) is 1. The van der Waals surface area contributed by atoms with E-state index in [9.17, 15) is 0 Å². The Balaban J connectivity index is 0.00000161. The predicted octanol–water partition coefficient (Wildman–Crippen LogP) is 3.00. The van der Waals surface area contributed by atoms with Gasteiger partial charge in [-0.1, -0.05) is 13.3 Å². The summed E-state index contributed by atoms with van der Waals surface area (Å²) < 4.78 is 5.89. The highest BCUT2D eigenvalue weighted by molar-refractivity contribution is 14.0. The number of ether oxygens (including phenoxy) is 1. The fourth-order valence-corrected chi connectivity index (χ4v) is 4.22. The minimum Gasteiger partial charge on any atom is -0.378 e. The van der Waals surface area contributed by atoms with Crippen LogP contribution in [0, 0.1) is 11.3 Å². The van der Waals surface area contributed by atoms with Crippen LogP contribution < -0.4 is 5.73 Å². The first-order valence-corrected chi connectivity index (χ1v) is 8.35. The fraction of sp³-hybridized carbons (Fsp3) is 0.938. The molecule has 3 atom stereocenters. The average molecular weight is 407 g/mol. The summed E-state index contributed by atoms with van der Waals surface area (Å²) in [5.41, 5.74) is 6.61. The number of likely N-dealkylation sites (tertiary alicyclic amines) is 1. The largest absolute Gasteiger partial charge is 0.378 e. The first-order chi connectivity index (χ1) is 9.65. The molecule has 2 aliphatic carbocycles. The summed E-state index contributed by atoms with van der Waals surface area (Å²) in [6.45, 7) is 7.37. The maximum Gasteiger partial charge on any atom is 0.191 e. The fourth-order valence-electron chi connectivity index (χ4n) is 4.22. The van der Waals surface area contributed by atoms with E-state index in [0.29, 0.717) is 17.6 Å². The quantitative estimate of drug-likeness (QED) is 0.445. The molecule has 3 fully saturated rings. The van der Waals surface area contributed by atoms with Gasteiger partial charge in [-0.2, -0.15) is 0 Å². The Morgan fingerprint density at radius 1 is 1.38 bits per heavy atom. The van der Waals surface area contributed by atoms with Gasteiger partial charge in [0.2, 0.25) is 0 Å². The highest BCUT2D eigenvalue weighted by Gasteiger charge is 2.59. The molecule has 3 rings (SSSR count). The maximum absolute atomic E-state index is 6.28. The van der Waals surface area contributed by atoms with E-state index < -0.39 is 0 Å². The van der Waals surface area contributed by atoms with Gasteiger partial charge in [-0.25, -0.2) is 4.99 Å². The molecule has 0 radical (unpaired) electrons. The molecule has 5 heteroatoms. The maximum atomic E-state index is 6.28. The molecule has 0 bridgehead atoms. The SMILES string of the molecule is CCOC1CC(N=C(N)N2CCCC(C)C2)C12CCC2.I. The van der Waals surface area contributed by atoms with Crippen molar-refractivity contribution in [3.8, 4) is 0 Å². The van der Waals surface area contributed by atoms with Crippen molar-refractivity contribution in [2.75, 3.05) is 19.7 Å². The normalized spacial score (nSPS) is 34.9. The van der Waals surface area contributed by atoms with Gasteiger partial charge in [0.05, 0.1) is 12.1 Å². The van der Waals surface area contributed by atoms with Gasteiger partial charge in [-0.15, -0.1) is 24.0 Å². The van der Waals surface area contributed by atoms with Crippen molar-refractivity contribution in [1.29, 1.82) is 0 Å². The van der Waals surface area contributed by atoms with Gasteiger partial charge in [0.25, 0.3) is 0 Å². The zero-order valence-electron chi connectivity index (χ0n) is 13.4. The van der Waals surface area contributed by atoms with Gasteiger partial charge < -0.3 is 15.4 Å². The van der Waals surface area contributed by atoms with Crippen LogP contribution in [-0.4, -0.2) is 42.7 Å². The summed E-state index contributed by atoms with van der Waals surface area (Å²) in [7, 11) is 0. The first kappa shape index (κ1) is 17.3. The van der Waals surface area contributed by atoms with E-state index in [1.54, 1.807) is 0 Å². The Hall–Kier alpha value is -0.0400. The lowest BCUT2D eigenvalue weighted by molar-refractivity contribution is -0.162. The molecule has 0 aromatic heterocycles. The van der Waals surface area contributed by atoms with Crippen LogP contribution >= 0.6 is 24.0 Å². The number of rotatable bonds is 3. The number of hydrogen-bond donors (Lipinski definition) is 1. The van der Waals surface area contributed by atoms with E-state index in [1.165, 1.54) is 32.1 Å². The number of piperidine rings is 1. The van der Waals surface area contributed by atoms with Crippen molar-refractivity contribution >= 4 is 29.9 Å². The second kappa shape index (κ2) is 7.02. The Bertz CT molecular complexity index is 384. The Kier molecular flexibility index (Phi) is 5.79. The van der Waals surface area contributed by atoms with Gasteiger partial charge >= 0.3 is 0 Å². The van der Waals surface area contributed by atoms with E-state index in [-0.39, 0.29) is 24.0 Å². The number of halogens is 1. The van der Waals surface area contributed by atoms with Crippen LogP contribution in [-0.2, 0) is 4.74 Å². The molecule has 2 saturated carbocycles. The van der Waals surface area contributed by atoms with Gasteiger partial charge in [0.15, 0.2) is 5.96 Å². The van der Waals surface area contributed by atoms with Crippen LogP contribution in [0.15, 0.2) is 4.99 Å². The van der Waals surface area contributed by atoms with Crippen molar-refractivity contribution in [2.24, 2.45) is 22.1 Å². The minimum absolute atomic E-state index is 0. The molecule has 1 spiro atoms. The standard InChI is InChI=1S/C16H29N3O.HI/c1-3-20-14-10-13(16(14)7-5-8-16)18-15(17)19-9-4-6-12(2)11-19;/h12-14H,3-11H2,1-2H3,(H2,17,18);1H. The number of guanidine groups is 1. The molecule has 0 aromatic rings. The lowest BCUT2D eigenvalue weighted by Crippen LogP contribution is -2.62. The summed E-state index contributed by atoms with van der Waals surface area (Å²) in [6.07, 6.45) is 7.94. The van der Waals surface area contributed by atoms with Crippen LogP contribution in [0.4, 0.5) is 0 Å². The molecule has 122 valence electrons. The zero-order chi connectivity index (χ0) is 14.2. The Labute approximate surface area is 145 Å². The van der Waals surface area contributed by atoms with Crippen molar-refractivity contribution in [3.05, 3.63) is 0 Å². The predicted molar refractivity (Wildman–Crippen MR) is 97.1 cm³/mol. The van der Waals surface area contributed by atoms with E-state index in [4.69, 9.17) is 15.5 Å². The second-order valence-electron chi connectivity index (χ2n) is 6.96. The van der Waals surface area contributed by atoms with Gasteiger partial charge in [0, 0.05) is 25.1 Å². The van der Waals surface area contributed by atoms with Crippen LogP contribution in [0.5, 0.6) is 0 Å². The molecular formula is C16H30IN3O. The molecule has 1 saturated heterocycles. The van der Waals surface area contributed by atoms with Crippen molar-refractivity contribution in [1.82, 2.24) is 4.90 Å². The summed E-state index contributed by atoms with van der Waals surface area (Å²) in [5, 5.41) is 0. The van der Waals surface area contributed by atoms with Crippen molar-refractivity contribution in [2.45, 2.75) is 64.5 Å². The van der Waals surface area contributed by atoms with Crippen LogP contribution in [0.1, 0.15) is 52.4 Å². The third-order valence-corrected chi connectivity index (χ3v) is 5.66. The van der Waals surface area contributed by atoms with E-state index >= 15 is 0 Å². The Morgan fingerprint density at radius 3 is 2.71 bits per heavy atom. The highest BCUT2D eigenvalue weighted by Crippen LogP contribution is 2.58. The molecule has 0 aromatic carbocycles. The summed E-state index contributed by atoms with van der Waals surface area (Å²) in [4.78, 5) is 7.17. The molecule has 1 aliphatic heterocycles. The molecule has 2 N–H and O–H groups in total. The van der Waals surface area contributed by atoms with Crippen molar-refractivity contribution < 1.29 is 4.74 Å². The topological polar surface area (TPSA) is 50.9 Å². The number of hydrogen-bond acceptors (Lipinski definition) is 2. The van der Waals surface area contributed by atoms with Crippen LogP contribution in [0.3, 0.4) is 0 Å². The third-order valence-electron chi connectivity index (χ3n) is 5.66. The smallest absolute Gasteiger partial charge is 0.191 e. The molecule has 1 heterocycles. The summed E-state index contributed by atoms with van der Waals surface area (Å²) in [6, 6.07) is 0.407. The van der Waals surface area contributed by atoms with Crippen molar-refractivity contribution in [3.63, 3.8) is 0 Å². The van der Waals surface area contributed by atoms with E-state index in [0.717, 1.165) is 38.0 Å². The van der Waals surface area contributed by atoms with Gasteiger partial charge in [0.1, 0.15) is 0 Å². The average Bonchev–Trinajstić information content (AvgIpc) is 2.35. The van der Waals surface area contributed by atoms with Gasteiger partial charge in [-0.05, 0) is 44.9 Å². The molecule has 0 amide bonds.